The molecule has 0 radical (unpaired) electrons. The van der Waals surface area contributed by atoms with Crippen molar-refractivity contribution in [2.24, 2.45) is 5.92 Å². The highest BCUT2D eigenvalue weighted by Crippen LogP contribution is 2.11. The van der Waals surface area contributed by atoms with Gasteiger partial charge in [-0.1, -0.05) is 24.6 Å². The van der Waals surface area contributed by atoms with Gasteiger partial charge in [0.25, 0.3) is 5.91 Å². The van der Waals surface area contributed by atoms with E-state index < -0.39 is 5.97 Å². The quantitative estimate of drug-likeness (QED) is 0.763. The molecule has 0 spiro atoms. The number of aliphatic carboxylic acids is 1. The minimum absolute atomic E-state index is 0.0330. The highest BCUT2D eigenvalue weighted by Gasteiger charge is 2.08. The molecule has 1 aromatic carbocycles. The second-order valence-electron chi connectivity index (χ2n) is 4.94. The highest BCUT2D eigenvalue weighted by molar-refractivity contribution is 5.77. The number of carboxylic acid groups (broad SMARTS) is 1. The molecule has 1 rings (SSSR count). The molecule has 1 amide bonds. The summed E-state index contributed by atoms with van der Waals surface area (Å²) in [6, 6.07) is 7.47. The van der Waals surface area contributed by atoms with Crippen molar-refractivity contribution in [3.63, 3.8) is 0 Å². The molecule has 0 aliphatic rings. The van der Waals surface area contributed by atoms with E-state index in [2.05, 4.69) is 5.32 Å². The Hall–Kier alpha value is -2.04. The maximum absolute atomic E-state index is 11.6. The number of nitrogens with one attached hydrogen (secondary N) is 1. The molecule has 0 bridgehead atoms. The number of hydrogen-bond acceptors (Lipinski definition) is 3. The molecule has 0 saturated heterocycles. The van der Waals surface area contributed by atoms with Crippen LogP contribution in [0.5, 0.6) is 5.75 Å². The van der Waals surface area contributed by atoms with Gasteiger partial charge >= 0.3 is 5.97 Å². The molecule has 1 aromatic rings. The summed E-state index contributed by atoms with van der Waals surface area (Å²) in [5, 5.41) is 11.3. The lowest BCUT2D eigenvalue weighted by atomic mass is 10.1. The first-order chi connectivity index (χ1) is 9.47. The number of rotatable bonds is 8. The van der Waals surface area contributed by atoms with Gasteiger partial charge < -0.3 is 15.2 Å². The highest BCUT2D eigenvalue weighted by atomic mass is 16.5. The topological polar surface area (TPSA) is 75.6 Å². The average molecular weight is 279 g/mol. The number of benzene rings is 1. The van der Waals surface area contributed by atoms with E-state index in [4.69, 9.17) is 9.84 Å². The number of carboxylic acids is 1. The number of ether oxygens (including phenoxy) is 1. The predicted octanol–water partition coefficient (Wildman–Crippen LogP) is 1.99. The number of aryl methyl sites for hydroxylation is 1. The zero-order valence-electron chi connectivity index (χ0n) is 11.9. The van der Waals surface area contributed by atoms with Crippen LogP contribution in [0.2, 0.25) is 0 Å². The van der Waals surface area contributed by atoms with E-state index in [1.54, 1.807) is 0 Å². The van der Waals surface area contributed by atoms with Gasteiger partial charge in [0.05, 0.1) is 0 Å². The third kappa shape index (κ3) is 6.78. The smallest absolute Gasteiger partial charge is 0.303 e. The lowest BCUT2D eigenvalue weighted by Gasteiger charge is -2.12. The Labute approximate surface area is 118 Å². The van der Waals surface area contributed by atoms with Gasteiger partial charge in [0, 0.05) is 13.0 Å². The molecule has 0 aromatic heterocycles. The standard InChI is InChI=1S/C15H21NO4/c1-11-3-6-13(7-4-11)20-10-14(17)16-9-12(2)5-8-15(18)19/h3-4,6-7,12H,5,8-10H2,1-2H3,(H,16,17)(H,18,19). The normalized spacial score (nSPS) is 11.7. The molecule has 2 N–H and O–H groups in total. The first-order valence-corrected chi connectivity index (χ1v) is 6.65. The summed E-state index contributed by atoms with van der Waals surface area (Å²) in [4.78, 5) is 22.0. The SMILES string of the molecule is Cc1ccc(OCC(=O)NCC(C)CCC(=O)O)cc1. The van der Waals surface area contributed by atoms with Gasteiger partial charge in [0.15, 0.2) is 6.61 Å². The Morgan fingerprint density at radius 1 is 1.30 bits per heavy atom. The van der Waals surface area contributed by atoms with Crippen LogP contribution in [0.3, 0.4) is 0 Å². The Bertz CT molecular complexity index is 442. The molecule has 0 aliphatic carbocycles. The first-order valence-electron chi connectivity index (χ1n) is 6.65. The minimum atomic E-state index is -0.814. The Morgan fingerprint density at radius 3 is 2.55 bits per heavy atom. The molecule has 1 unspecified atom stereocenters. The van der Waals surface area contributed by atoms with Crippen LogP contribution in [0.15, 0.2) is 24.3 Å². The first kappa shape index (κ1) is 16.0. The van der Waals surface area contributed by atoms with Crippen LogP contribution in [0.1, 0.15) is 25.3 Å². The Morgan fingerprint density at radius 2 is 1.95 bits per heavy atom. The molecule has 5 nitrogen and oxygen atoms in total. The molecule has 110 valence electrons. The summed E-state index contributed by atoms with van der Waals surface area (Å²) in [5.41, 5.74) is 1.13. The second-order valence-corrected chi connectivity index (χ2v) is 4.94. The van der Waals surface area contributed by atoms with Crippen molar-refractivity contribution in [3.8, 4) is 5.75 Å². The third-order valence-electron chi connectivity index (χ3n) is 2.89. The minimum Gasteiger partial charge on any atom is -0.484 e. The van der Waals surface area contributed by atoms with E-state index in [-0.39, 0.29) is 24.9 Å². The molecule has 1 atom stereocenters. The zero-order chi connectivity index (χ0) is 15.0. The average Bonchev–Trinajstić information content (AvgIpc) is 2.42. The molecule has 5 heteroatoms. The maximum Gasteiger partial charge on any atom is 0.303 e. The molecule has 0 heterocycles. The van der Waals surface area contributed by atoms with Gasteiger partial charge in [-0.3, -0.25) is 9.59 Å². The van der Waals surface area contributed by atoms with Crippen LogP contribution in [0, 0.1) is 12.8 Å². The number of amides is 1. The predicted molar refractivity (Wildman–Crippen MR) is 75.7 cm³/mol. The van der Waals surface area contributed by atoms with E-state index in [1.807, 2.05) is 38.1 Å². The van der Waals surface area contributed by atoms with Crippen molar-refractivity contribution < 1.29 is 19.4 Å². The lowest BCUT2D eigenvalue weighted by molar-refractivity contribution is -0.137. The van der Waals surface area contributed by atoms with Crippen LogP contribution in [-0.4, -0.2) is 30.1 Å². The number of hydrogen-bond donors (Lipinski definition) is 2. The fourth-order valence-electron chi connectivity index (χ4n) is 1.59. The number of carbonyl (C=O) groups excluding carboxylic acids is 1. The van der Waals surface area contributed by atoms with Crippen LogP contribution < -0.4 is 10.1 Å². The summed E-state index contributed by atoms with van der Waals surface area (Å²) < 4.78 is 5.35. The van der Waals surface area contributed by atoms with Crippen molar-refractivity contribution in [2.75, 3.05) is 13.2 Å². The monoisotopic (exact) mass is 279 g/mol. The van der Waals surface area contributed by atoms with Crippen LogP contribution in [0.25, 0.3) is 0 Å². The summed E-state index contributed by atoms with van der Waals surface area (Å²) in [7, 11) is 0. The van der Waals surface area contributed by atoms with E-state index in [9.17, 15) is 9.59 Å². The van der Waals surface area contributed by atoms with Gasteiger partial charge in [-0.15, -0.1) is 0 Å². The summed E-state index contributed by atoms with van der Waals surface area (Å²) in [5.74, 6) is -0.224. The van der Waals surface area contributed by atoms with Gasteiger partial charge in [0.1, 0.15) is 5.75 Å². The van der Waals surface area contributed by atoms with Crippen molar-refractivity contribution in [2.45, 2.75) is 26.7 Å². The molecule has 0 aliphatic heterocycles. The fraction of sp³-hybridized carbons (Fsp3) is 0.467. The van der Waals surface area contributed by atoms with Gasteiger partial charge in [-0.25, -0.2) is 0 Å². The largest absolute Gasteiger partial charge is 0.484 e. The Balaban J connectivity index is 2.20. The van der Waals surface area contributed by atoms with Crippen LogP contribution in [-0.2, 0) is 9.59 Å². The van der Waals surface area contributed by atoms with E-state index in [0.717, 1.165) is 5.56 Å². The molecule has 20 heavy (non-hydrogen) atoms. The Kier molecular flexibility index (Phi) is 6.56. The molecule has 0 fully saturated rings. The molecular weight excluding hydrogens is 258 g/mol. The lowest BCUT2D eigenvalue weighted by Crippen LogP contribution is -2.32. The number of carbonyl (C=O) groups is 2. The summed E-state index contributed by atoms with van der Waals surface area (Å²) in [6.07, 6.45) is 0.672. The molecule has 0 saturated carbocycles. The van der Waals surface area contributed by atoms with Crippen molar-refractivity contribution >= 4 is 11.9 Å². The van der Waals surface area contributed by atoms with Gasteiger partial charge in [0.2, 0.25) is 0 Å². The second kappa shape index (κ2) is 8.19. The van der Waals surface area contributed by atoms with E-state index >= 15 is 0 Å². The zero-order valence-corrected chi connectivity index (χ0v) is 11.9. The van der Waals surface area contributed by atoms with Crippen LogP contribution in [0.4, 0.5) is 0 Å². The molecular formula is C15H21NO4. The van der Waals surface area contributed by atoms with Crippen molar-refractivity contribution in [1.82, 2.24) is 5.32 Å². The maximum atomic E-state index is 11.6. The summed E-state index contributed by atoms with van der Waals surface area (Å²) in [6.45, 7) is 4.32. The summed E-state index contributed by atoms with van der Waals surface area (Å²) >= 11 is 0. The van der Waals surface area contributed by atoms with E-state index in [0.29, 0.717) is 18.7 Å². The van der Waals surface area contributed by atoms with Crippen molar-refractivity contribution in [1.29, 1.82) is 0 Å². The van der Waals surface area contributed by atoms with Gasteiger partial charge in [-0.05, 0) is 31.4 Å². The third-order valence-corrected chi connectivity index (χ3v) is 2.89. The van der Waals surface area contributed by atoms with Crippen LogP contribution >= 0.6 is 0 Å². The fourth-order valence-corrected chi connectivity index (χ4v) is 1.59. The van der Waals surface area contributed by atoms with E-state index in [1.165, 1.54) is 0 Å². The van der Waals surface area contributed by atoms with Gasteiger partial charge in [-0.2, -0.15) is 0 Å². The van der Waals surface area contributed by atoms with Crippen molar-refractivity contribution in [3.05, 3.63) is 29.8 Å².